The Labute approximate surface area is 152 Å². The number of phenols is 1. The molecular weight excluding hydrogens is 332 g/mol. The normalized spacial score (nSPS) is 16.6. The van der Waals surface area contributed by atoms with Gasteiger partial charge in [0.25, 0.3) is 0 Å². The van der Waals surface area contributed by atoms with Crippen LogP contribution in [0.15, 0.2) is 48.5 Å². The first-order chi connectivity index (χ1) is 12.6. The predicted molar refractivity (Wildman–Crippen MR) is 99.4 cm³/mol. The second kappa shape index (κ2) is 7.91. The van der Waals surface area contributed by atoms with E-state index in [1.54, 1.807) is 23.1 Å². The Morgan fingerprint density at radius 3 is 2.65 bits per heavy atom. The van der Waals surface area contributed by atoms with E-state index in [0.29, 0.717) is 18.8 Å². The molecule has 0 bridgehead atoms. The van der Waals surface area contributed by atoms with Crippen LogP contribution in [0.4, 0.5) is 11.4 Å². The van der Waals surface area contributed by atoms with Gasteiger partial charge in [0.1, 0.15) is 11.5 Å². The molecule has 6 heteroatoms. The number of phenolic OH excluding ortho intramolecular Hbond substituents is 1. The van der Waals surface area contributed by atoms with E-state index in [1.807, 2.05) is 31.2 Å². The number of anilines is 2. The number of benzene rings is 2. The number of carbonyl (C=O) groups is 2. The van der Waals surface area contributed by atoms with E-state index in [4.69, 9.17) is 4.74 Å². The first-order valence-electron chi connectivity index (χ1n) is 8.70. The van der Waals surface area contributed by atoms with Crippen LogP contribution >= 0.6 is 0 Å². The molecule has 1 aliphatic heterocycles. The van der Waals surface area contributed by atoms with Crippen LogP contribution in [0.2, 0.25) is 0 Å². The zero-order chi connectivity index (χ0) is 18.5. The van der Waals surface area contributed by atoms with E-state index in [-0.39, 0.29) is 24.0 Å². The summed E-state index contributed by atoms with van der Waals surface area (Å²) in [7, 11) is 0. The summed E-state index contributed by atoms with van der Waals surface area (Å²) in [5.74, 6) is -0.0613. The number of hydrogen-bond acceptors (Lipinski definition) is 4. The highest BCUT2D eigenvalue weighted by molar-refractivity contribution is 6.03. The highest BCUT2D eigenvalue weighted by Crippen LogP contribution is 2.29. The molecule has 1 saturated heterocycles. The van der Waals surface area contributed by atoms with Crippen molar-refractivity contribution in [2.75, 3.05) is 23.4 Å². The van der Waals surface area contributed by atoms with E-state index < -0.39 is 5.92 Å². The van der Waals surface area contributed by atoms with E-state index in [9.17, 15) is 14.7 Å². The van der Waals surface area contributed by atoms with Crippen LogP contribution in [0.25, 0.3) is 0 Å². The molecule has 2 N–H and O–H groups in total. The average molecular weight is 354 g/mol. The molecule has 0 saturated carbocycles. The quantitative estimate of drug-likeness (QED) is 0.781. The molecule has 0 aliphatic carbocycles. The summed E-state index contributed by atoms with van der Waals surface area (Å²) in [6, 6.07) is 13.8. The van der Waals surface area contributed by atoms with E-state index in [0.717, 1.165) is 17.9 Å². The predicted octanol–water partition coefficient (Wildman–Crippen LogP) is 3.17. The molecule has 1 aliphatic rings. The molecule has 136 valence electrons. The van der Waals surface area contributed by atoms with Gasteiger partial charge in [0.2, 0.25) is 11.8 Å². The Morgan fingerprint density at radius 1 is 1.23 bits per heavy atom. The molecule has 0 unspecified atom stereocenters. The van der Waals surface area contributed by atoms with Gasteiger partial charge in [0.05, 0.1) is 18.2 Å². The van der Waals surface area contributed by atoms with Crippen LogP contribution in [0.3, 0.4) is 0 Å². The van der Waals surface area contributed by atoms with Crippen molar-refractivity contribution in [3.63, 3.8) is 0 Å². The lowest BCUT2D eigenvalue weighted by molar-refractivity contribution is -0.122. The molecule has 2 amide bonds. The highest BCUT2D eigenvalue weighted by atomic mass is 16.5. The van der Waals surface area contributed by atoms with Crippen molar-refractivity contribution in [1.29, 1.82) is 0 Å². The molecule has 2 aromatic carbocycles. The number of aromatic hydroxyl groups is 1. The first kappa shape index (κ1) is 17.8. The zero-order valence-corrected chi connectivity index (χ0v) is 14.6. The third-order valence-electron chi connectivity index (χ3n) is 4.28. The fraction of sp³-hybridized carbons (Fsp3) is 0.300. The van der Waals surface area contributed by atoms with E-state index in [1.165, 1.54) is 6.07 Å². The van der Waals surface area contributed by atoms with Crippen LogP contribution in [0.1, 0.15) is 19.8 Å². The number of ether oxygens (including phenoxy) is 1. The van der Waals surface area contributed by atoms with Crippen molar-refractivity contribution >= 4 is 23.2 Å². The molecule has 0 radical (unpaired) electrons. The van der Waals surface area contributed by atoms with Crippen LogP contribution in [-0.4, -0.2) is 30.1 Å². The summed E-state index contributed by atoms with van der Waals surface area (Å²) < 4.78 is 5.55. The fourth-order valence-corrected chi connectivity index (χ4v) is 2.89. The number of para-hydroxylation sites is 2. The minimum atomic E-state index is -0.460. The summed E-state index contributed by atoms with van der Waals surface area (Å²) in [4.78, 5) is 26.4. The fourth-order valence-electron chi connectivity index (χ4n) is 2.89. The molecule has 2 aromatic rings. The highest BCUT2D eigenvalue weighted by Gasteiger charge is 2.35. The van der Waals surface area contributed by atoms with Crippen molar-refractivity contribution in [3.8, 4) is 11.5 Å². The first-order valence-corrected chi connectivity index (χ1v) is 8.70. The molecule has 1 fully saturated rings. The zero-order valence-electron chi connectivity index (χ0n) is 14.6. The summed E-state index contributed by atoms with van der Waals surface area (Å²) in [6.07, 6.45) is 1.08. The Kier molecular flexibility index (Phi) is 5.41. The van der Waals surface area contributed by atoms with Crippen molar-refractivity contribution in [2.24, 2.45) is 5.92 Å². The molecular formula is C20H22N2O4. The Hall–Kier alpha value is -3.02. The SMILES string of the molecule is CCCOc1ccc(N2C[C@H](C(=O)Nc3ccccc3O)CC2=O)cc1. The van der Waals surface area contributed by atoms with Crippen molar-refractivity contribution in [3.05, 3.63) is 48.5 Å². The van der Waals surface area contributed by atoms with Gasteiger partial charge in [-0.2, -0.15) is 0 Å². The maximum absolute atomic E-state index is 12.4. The van der Waals surface area contributed by atoms with E-state index in [2.05, 4.69) is 5.32 Å². The maximum Gasteiger partial charge on any atom is 0.229 e. The summed E-state index contributed by atoms with van der Waals surface area (Å²) in [5.41, 5.74) is 1.09. The molecule has 0 spiro atoms. The minimum absolute atomic E-state index is 0.00435. The van der Waals surface area contributed by atoms with Gasteiger partial charge < -0.3 is 20.1 Å². The second-order valence-corrected chi connectivity index (χ2v) is 6.25. The lowest BCUT2D eigenvalue weighted by Gasteiger charge is -2.17. The van der Waals surface area contributed by atoms with Gasteiger partial charge in [-0.05, 0) is 42.8 Å². The van der Waals surface area contributed by atoms with Gasteiger partial charge in [-0.3, -0.25) is 9.59 Å². The minimum Gasteiger partial charge on any atom is -0.506 e. The Balaban J connectivity index is 1.64. The largest absolute Gasteiger partial charge is 0.506 e. The second-order valence-electron chi connectivity index (χ2n) is 6.25. The topological polar surface area (TPSA) is 78.9 Å². The van der Waals surface area contributed by atoms with Gasteiger partial charge in [-0.1, -0.05) is 19.1 Å². The third-order valence-corrected chi connectivity index (χ3v) is 4.28. The maximum atomic E-state index is 12.4. The molecule has 1 heterocycles. The van der Waals surface area contributed by atoms with Crippen molar-refractivity contribution < 1.29 is 19.4 Å². The van der Waals surface area contributed by atoms with Crippen LogP contribution < -0.4 is 15.0 Å². The van der Waals surface area contributed by atoms with Gasteiger partial charge in [0, 0.05) is 18.7 Å². The Bertz CT molecular complexity index is 789. The number of nitrogens with zero attached hydrogens (tertiary/aromatic N) is 1. The molecule has 3 rings (SSSR count). The van der Waals surface area contributed by atoms with Gasteiger partial charge >= 0.3 is 0 Å². The van der Waals surface area contributed by atoms with Gasteiger partial charge in [-0.15, -0.1) is 0 Å². The summed E-state index contributed by atoms with van der Waals surface area (Å²) >= 11 is 0. The standard InChI is InChI=1S/C20H22N2O4/c1-2-11-26-16-9-7-15(8-10-16)22-13-14(12-19(22)24)20(25)21-17-5-3-4-6-18(17)23/h3-10,14,23H,2,11-13H2,1H3,(H,21,25)/t14-/m1/s1. The van der Waals surface area contributed by atoms with Gasteiger partial charge in [-0.25, -0.2) is 0 Å². The number of rotatable bonds is 6. The number of nitrogens with one attached hydrogen (secondary N) is 1. The average Bonchev–Trinajstić information content (AvgIpc) is 3.04. The Morgan fingerprint density at radius 2 is 1.96 bits per heavy atom. The lowest BCUT2D eigenvalue weighted by Crippen LogP contribution is -2.28. The van der Waals surface area contributed by atoms with Gasteiger partial charge in [0.15, 0.2) is 0 Å². The molecule has 26 heavy (non-hydrogen) atoms. The third kappa shape index (κ3) is 3.96. The molecule has 6 nitrogen and oxygen atoms in total. The number of hydrogen-bond donors (Lipinski definition) is 2. The summed E-state index contributed by atoms with van der Waals surface area (Å²) in [6.45, 7) is 3.00. The summed E-state index contributed by atoms with van der Waals surface area (Å²) in [5, 5.41) is 12.5. The van der Waals surface area contributed by atoms with Crippen LogP contribution in [0, 0.1) is 5.92 Å². The monoisotopic (exact) mass is 354 g/mol. The van der Waals surface area contributed by atoms with Crippen molar-refractivity contribution in [1.82, 2.24) is 0 Å². The number of amides is 2. The van der Waals surface area contributed by atoms with E-state index >= 15 is 0 Å². The smallest absolute Gasteiger partial charge is 0.229 e. The van der Waals surface area contributed by atoms with Crippen LogP contribution in [-0.2, 0) is 9.59 Å². The lowest BCUT2D eigenvalue weighted by atomic mass is 10.1. The number of carbonyl (C=O) groups excluding carboxylic acids is 2. The molecule has 1 atom stereocenters. The van der Waals surface area contributed by atoms with Crippen molar-refractivity contribution in [2.45, 2.75) is 19.8 Å². The molecule has 0 aromatic heterocycles. The van der Waals surface area contributed by atoms with Crippen LogP contribution in [0.5, 0.6) is 11.5 Å².